The zero-order valence-electron chi connectivity index (χ0n) is 11.4. The van der Waals surface area contributed by atoms with Crippen LogP contribution >= 0.6 is 0 Å². The average Bonchev–Trinajstić information content (AvgIpc) is 2.19. The van der Waals surface area contributed by atoms with E-state index >= 15 is 0 Å². The molecule has 0 amide bonds. The topological polar surface area (TPSA) is 51.8 Å². The van der Waals surface area contributed by atoms with Gasteiger partial charge in [-0.25, -0.2) is 9.97 Å². The Bertz CT molecular complexity index is 410. The first-order valence-electron chi connectivity index (χ1n) is 7.27. The van der Waals surface area contributed by atoms with Crippen molar-refractivity contribution < 1.29 is 0 Å². The Morgan fingerprint density at radius 3 is 1.94 bits per heavy atom. The Kier molecular flexibility index (Phi) is 3.00. The van der Waals surface area contributed by atoms with Gasteiger partial charge < -0.3 is 5.73 Å². The maximum atomic E-state index is 6.03. The summed E-state index contributed by atoms with van der Waals surface area (Å²) < 4.78 is 0. The Balaban J connectivity index is 1.93. The lowest BCUT2D eigenvalue weighted by Crippen LogP contribution is -2.32. The summed E-state index contributed by atoms with van der Waals surface area (Å²) >= 11 is 0. The quantitative estimate of drug-likeness (QED) is 0.888. The molecule has 3 rings (SSSR count). The van der Waals surface area contributed by atoms with Gasteiger partial charge in [0.05, 0.1) is 0 Å². The summed E-state index contributed by atoms with van der Waals surface area (Å²) in [5.74, 6) is 3.92. The molecule has 0 saturated heterocycles. The van der Waals surface area contributed by atoms with Gasteiger partial charge in [-0.05, 0) is 51.4 Å². The maximum Gasteiger partial charge on any atom is 0.134 e. The van der Waals surface area contributed by atoms with Crippen LogP contribution in [0.15, 0.2) is 0 Å². The molecule has 2 aliphatic rings. The zero-order chi connectivity index (χ0) is 12.7. The Hall–Kier alpha value is -1.12. The fraction of sp³-hybridized carbons (Fsp3) is 0.733. The number of aromatic nitrogens is 2. The fourth-order valence-corrected chi connectivity index (χ4v) is 3.23. The van der Waals surface area contributed by atoms with E-state index < -0.39 is 0 Å². The highest BCUT2D eigenvalue weighted by Crippen LogP contribution is 2.49. The Labute approximate surface area is 109 Å². The third-order valence-corrected chi connectivity index (χ3v) is 5.06. The fourth-order valence-electron chi connectivity index (χ4n) is 3.23. The summed E-state index contributed by atoms with van der Waals surface area (Å²) in [6.07, 6.45) is 8.20. The van der Waals surface area contributed by atoms with Crippen LogP contribution in [-0.4, -0.2) is 9.97 Å². The number of nitrogens with zero attached hydrogens (tertiary/aromatic N) is 2. The molecule has 3 nitrogen and oxygen atoms in total. The molecule has 98 valence electrons. The summed E-state index contributed by atoms with van der Waals surface area (Å²) in [7, 11) is 0. The van der Waals surface area contributed by atoms with Crippen LogP contribution in [-0.2, 0) is 0 Å². The van der Waals surface area contributed by atoms with Crippen LogP contribution in [0, 0.1) is 25.7 Å². The molecule has 2 aliphatic carbocycles. The van der Waals surface area contributed by atoms with Crippen LogP contribution in [0.4, 0.5) is 5.82 Å². The molecule has 0 spiro atoms. The molecule has 0 atom stereocenters. The first-order chi connectivity index (χ1) is 8.66. The van der Waals surface area contributed by atoms with Gasteiger partial charge in [-0.1, -0.05) is 12.8 Å². The second-order valence-electron chi connectivity index (χ2n) is 6.09. The first kappa shape index (κ1) is 11.9. The van der Waals surface area contributed by atoms with Crippen LogP contribution in [0.2, 0.25) is 0 Å². The predicted octanol–water partition coefficient (Wildman–Crippen LogP) is 3.36. The highest BCUT2D eigenvalue weighted by molar-refractivity contribution is 5.41. The molecule has 18 heavy (non-hydrogen) atoms. The maximum absolute atomic E-state index is 6.03. The first-order valence-corrected chi connectivity index (χ1v) is 7.27. The van der Waals surface area contributed by atoms with Crippen LogP contribution in [0.5, 0.6) is 0 Å². The van der Waals surface area contributed by atoms with Crippen molar-refractivity contribution >= 4 is 5.82 Å². The molecule has 1 heterocycles. The molecule has 1 aromatic heterocycles. The van der Waals surface area contributed by atoms with E-state index in [4.69, 9.17) is 10.7 Å². The summed E-state index contributed by atoms with van der Waals surface area (Å²) in [5.41, 5.74) is 8.13. The average molecular weight is 245 g/mol. The molecule has 0 aliphatic heterocycles. The lowest BCUT2D eigenvalue weighted by Gasteiger charge is -2.41. The van der Waals surface area contributed by atoms with Gasteiger partial charge in [0.2, 0.25) is 0 Å². The number of hydrogen-bond acceptors (Lipinski definition) is 3. The van der Waals surface area contributed by atoms with Crippen molar-refractivity contribution in [3.05, 3.63) is 17.1 Å². The van der Waals surface area contributed by atoms with Crippen molar-refractivity contribution in [1.82, 2.24) is 9.97 Å². The second kappa shape index (κ2) is 4.52. The largest absolute Gasteiger partial charge is 0.383 e. The van der Waals surface area contributed by atoms with E-state index in [1.54, 1.807) is 0 Å². The van der Waals surface area contributed by atoms with Gasteiger partial charge in [0.15, 0.2) is 0 Å². The van der Waals surface area contributed by atoms with E-state index in [0.717, 1.165) is 28.9 Å². The third-order valence-electron chi connectivity index (χ3n) is 5.06. The van der Waals surface area contributed by atoms with E-state index in [9.17, 15) is 0 Å². The highest BCUT2D eigenvalue weighted by atomic mass is 15.0. The minimum Gasteiger partial charge on any atom is -0.383 e. The van der Waals surface area contributed by atoms with Crippen LogP contribution in [0.25, 0.3) is 0 Å². The summed E-state index contributed by atoms with van der Waals surface area (Å²) in [5, 5.41) is 0. The lowest BCUT2D eigenvalue weighted by molar-refractivity contribution is 0.143. The molecule has 0 bridgehead atoms. The van der Waals surface area contributed by atoms with Crippen molar-refractivity contribution in [2.45, 2.75) is 58.3 Å². The molecule has 3 heteroatoms. The van der Waals surface area contributed by atoms with Gasteiger partial charge in [-0.2, -0.15) is 0 Å². The van der Waals surface area contributed by atoms with Crippen molar-refractivity contribution in [3.8, 4) is 0 Å². The molecule has 2 N–H and O–H groups in total. The minimum absolute atomic E-state index is 0.578. The molecular weight excluding hydrogens is 222 g/mol. The molecule has 1 aromatic rings. The van der Waals surface area contributed by atoms with Crippen molar-refractivity contribution in [1.29, 1.82) is 0 Å². The Morgan fingerprint density at radius 2 is 1.56 bits per heavy atom. The molecule has 0 radical (unpaired) electrons. The van der Waals surface area contributed by atoms with Gasteiger partial charge in [-0.15, -0.1) is 0 Å². The Morgan fingerprint density at radius 1 is 1.00 bits per heavy atom. The molecular formula is C15H23N3. The van der Waals surface area contributed by atoms with Gasteiger partial charge in [0.25, 0.3) is 0 Å². The van der Waals surface area contributed by atoms with Crippen molar-refractivity contribution in [2.75, 3.05) is 5.73 Å². The standard InChI is InChI=1S/C15H23N3/c1-9-10(2)17-15(18-14(9)16)13(11-5-3-6-11)12-7-4-8-12/h11-13H,3-8H2,1-2H3,(H2,16,17,18). The molecule has 2 fully saturated rings. The normalized spacial score (nSPS) is 20.8. The van der Waals surface area contributed by atoms with Crippen molar-refractivity contribution in [2.24, 2.45) is 11.8 Å². The van der Waals surface area contributed by atoms with Gasteiger partial charge in [0.1, 0.15) is 11.6 Å². The minimum atomic E-state index is 0.578. The molecule has 0 aromatic carbocycles. The number of nitrogen functional groups attached to an aromatic ring is 1. The van der Waals surface area contributed by atoms with E-state index in [0.29, 0.717) is 11.7 Å². The monoisotopic (exact) mass is 245 g/mol. The van der Waals surface area contributed by atoms with E-state index in [-0.39, 0.29) is 0 Å². The predicted molar refractivity (Wildman–Crippen MR) is 73.3 cm³/mol. The van der Waals surface area contributed by atoms with Crippen molar-refractivity contribution in [3.63, 3.8) is 0 Å². The van der Waals surface area contributed by atoms with E-state index in [1.165, 1.54) is 38.5 Å². The van der Waals surface area contributed by atoms with Crippen LogP contribution < -0.4 is 5.73 Å². The highest BCUT2D eigenvalue weighted by Gasteiger charge is 2.39. The van der Waals surface area contributed by atoms with Crippen LogP contribution in [0.3, 0.4) is 0 Å². The van der Waals surface area contributed by atoms with E-state index in [1.807, 2.05) is 6.92 Å². The number of rotatable bonds is 3. The van der Waals surface area contributed by atoms with Crippen LogP contribution in [0.1, 0.15) is 61.5 Å². The SMILES string of the molecule is Cc1nc(C(C2CCC2)C2CCC2)nc(N)c1C. The number of nitrogens with two attached hydrogens (primary N) is 1. The van der Waals surface area contributed by atoms with Gasteiger partial charge >= 0.3 is 0 Å². The molecule has 2 saturated carbocycles. The summed E-state index contributed by atoms with van der Waals surface area (Å²) in [4.78, 5) is 9.36. The second-order valence-corrected chi connectivity index (χ2v) is 6.09. The summed E-state index contributed by atoms with van der Waals surface area (Å²) in [6.45, 7) is 4.06. The smallest absolute Gasteiger partial charge is 0.134 e. The number of aryl methyl sites for hydroxylation is 1. The summed E-state index contributed by atoms with van der Waals surface area (Å²) in [6, 6.07) is 0. The number of anilines is 1. The number of hydrogen-bond donors (Lipinski definition) is 1. The lowest BCUT2D eigenvalue weighted by atomic mass is 9.64. The molecule has 0 unspecified atom stereocenters. The van der Waals surface area contributed by atoms with E-state index in [2.05, 4.69) is 11.9 Å². The zero-order valence-corrected chi connectivity index (χ0v) is 11.4. The van der Waals surface area contributed by atoms with Gasteiger partial charge in [0, 0.05) is 17.2 Å². The third kappa shape index (κ3) is 1.90. The van der Waals surface area contributed by atoms with Gasteiger partial charge in [-0.3, -0.25) is 0 Å².